The minimum atomic E-state index is -0.922. The molecule has 0 amide bonds. The quantitative estimate of drug-likeness (QED) is 0.802. The first-order valence-corrected chi connectivity index (χ1v) is 11.3. The molecule has 0 radical (unpaired) electrons. The van der Waals surface area contributed by atoms with E-state index >= 15 is 0 Å². The topological polar surface area (TPSA) is 40.5 Å². The van der Waals surface area contributed by atoms with E-state index in [1.165, 1.54) is 0 Å². The zero-order valence-electron chi connectivity index (χ0n) is 18.0. The zero-order chi connectivity index (χ0) is 20.9. The third kappa shape index (κ3) is 2.61. The molecular formula is C27H31NO2. The molecule has 2 aromatic carbocycles. The number of fused-ring (bicyclic) bond motifs is 3. The van der Waals surface area contributed by atoms with Crippen LogP contribution >= 0.6 is 0 Å². The number of allylic oxidation sites excluding steroid dienone is 1. The fourth-order valence-corrected chi connectivity index (χ4v) is 6.72. The summed E-state index contributed by atoms with van der Waals surface area (Å²) in [6.07, 6.45) is 5.88. The van der Waals surface area contributed by atoms with E-state index in [2.05, 4.69) is 31.1 Å². The van der Waals surface area contributed by atoms with Gasteiger partial charge < -0.3 is 5.11 Å². The van der Waals surface area contributed by atoms with E-state index in [0.717, 1.165) is 60.8 Å². The SMILES string of the molecule is CN(C)[C@@]12C[C@@H]3CCCCC[C@@]3(O)[C@@H]1C(=O)C(c1ccccc1)=C2c1ccccc1. The molecule has 2 fully saturated rings. The molecule has 0 heterocycles. The fraction of sp³-hybridized carbons (Fsp3) is 0.444. The highest BCUT2D eigenvalue weighted by Crippen LogP contribution is 2.64. The van der Waals surface area contributed by atoms with Crippen molar-refractivity contribution >= 4 is 16.9 Å². The molecule has 0 saturated heterocycles. The molecule has 156 valence electrons. The van der Waals surface area contributed by atoms with E-state index in [9.17, 15) is 9.90 Å². The van der Waals surface area contributed by atoms with Gasteiger partial charge in [-0.25, -0.2) is 0 Å². The molecule has 30 heavy (non-hydrogen) atoms. The van der Waals surface area contributed by atoms with E-state index in [1.54, 1.807) is 0 Å². The van der Waals surface area contributed by atoms with Crippen LogP contribution in [0.4, 0.5) is 0 Å². The first-order chi connectivity index (χ1) is 14.5. The van der Waals surface area contributed by atoms with Crippen LogP contribution in [0.25, 0.3) is 11.1 Å². The Morgan fingerprint density at radius 3 is 2.17 bits per heavy atom. The van der Waals surface area contributed by atoms with E-state index in [0.29, 0.717) is 0 Å². The number of likely N-dealkylation sites (N-methyl/N-ethyl adjacent to an activating group) is 1. The van der Waals surface area contributed by atoms with Crippen molar-refractivity contribution < 1.29 is 9.90 Å². The minimum Gasteiger partial charge on any atom is -0.389 e. The highest BCUT2D eigenvalue weighted by Gasteiger charge is 2.70. The van der Waals surface area contributed by atoms with Crippen molar-refractivity contribution in [3.63, 3.8) is 0 Å². The Hall–Kier alpha value is -2.23. The second-order valence-electron chi connectivity index (χ2n) is 9.59. The van der Waals surface area contributed by atoms with Crippen LogP contribution < -0.4 is 0 Å². The van der Waals surface area contributed by atoms with E-state index in [4.69, 9.17) is 0 Å². The molecule has 0 aliphatic heterocycles. The summed E-state index contributed by atoms with van der Waals surface area (Å²) in [6, 6.07) is 20.4. The Labute approximate surface area is 179 Å². The molecule has 1 N–H and O–H groups in total. The molecule has 3 nitrogen and oxygen atoms in total. The smallest absolute Gasteiger partial charge is 0.172 e. The van der Waals surface area contributed by atoms with Gasteiger partial charge in [-0.3, -0.25) is 9.69 Å². The molecule has 0 bridgehead atoms. The van der Waals surface area contributed by atoms with Crippen LogP contribution in [-0.4, -0.2) is 41.0 Å². The summed E-state index contributed by atoms with van der Waals surface area (Å²) in [5.74, 6) is -0.110. The van der Waals surface area contributed by atoms with Gasteiger partial charge in [-0.1, -0.05) is 79.9 Å². The van der Waals surface area contributed by atoms with Gasteiger partial charge in [0.2, 0.25) is 0 Å². The maximum absolute atomic E-state index is 14.2. The van der Waals surface area contributed by atoms with Crippen molar-refractivity contribution in [2.24, 2.45) is 11.8 Å². The number of carbonyl (C=O) groups excluding carboxylic acids is 1. The Morgan fingerprint density at radius 1 is 0.900 bits per heavy atom. The molecule has 0 unspecified atom stereocenters. The summed E-state index contributed by atoms with van der Waals surface area (Å²) in [4.78, 5) is 16.4. The van der Waals surface area contributed by atoms with Crippen LogP contribution in [0.2, 0.25) is 0 Å². The summed E-state index contributed by atoms with van der Waals surface area (Å²) in [7, 11) is 4.18. The number of Topliss-reactive ketones (excluding diaryl/α,β-unsaturated/α-hetero) is 1. The van der Waals surface area contributed by atoms with Crippen LogP contribution in [0.1, 0.15) is 49.7 Å². The van der Waals surface area contributed by atoms with Gasteiger partial charge in [0.1, 0.15) is 0 Å². The lowest BCUT2D eigenvalue weighted by Gasteiger charge is -2.42. The van der Waals surface area contributed by atoms with E-state index < -0.39 is 17.1 Å². The predicted molar refractivity (Wildman–Crippen MR) is 121 cm³/mol. The molecule has 2 saturated carbocycles. The highest BCUT2D eigenvalue weighted by atomic mass is 16.3. The first-order valence-electron chi connectivity index (χ1n) is 11.3. The molecule has 4 atom stereocenters. The van der Waals surface area contributed by atoms with Gasteiger partial charge in [0.15, 0.2) is 5.78 Å². The van der Waals surface area contributed by atoms with Crippen LogP contribution in [-0.2, 0) is 4.79 Å². The molecule has 5 rings (SSSR count). The molecule has 0 spiro atoms. The van der Waals surface area contributed by atoms with Crippen molar-refractivity contribution in [3.8, 4) is 0 Å². The van der Waals surface area contributed by atoms with Gasteiger partial charge in [-0.2, -0.15) is 0 Å². The Morgan fingerprint density at radius 2 is 1.53 bits per heavy atom. The molecule has 2 aromatic rings. The Bertz CT molecular complexity index is 980. The summed E-state index contributed by atoms with van der Waals surface area (Å²) >= 11 is 0. The van der Waals surface area contributed by atoms with E-state index in [-0.39, 0.29) is 11.7 Å². The number of ketones is 1. The van der Waals surface area contributed by atoms with Gasteiger partial charge in [-0.05, 0) is 56.0 Å². The number of hydrogen-bond donors (Lipinski definition) is 1. The summed E-state index contributed by atoms with van der Waals surface area (Å²) in [6.45, 7) is 0. The highest BCUT2D eigenvalue weighted by molar-refractivity contribution is 6.34. The minimum absolute atomic E-state index is 0.126. The van der Waals surface area contributed by atoms with Gasteiger partial charge >= 0.3 is 0 Å². The van der Waals surface area contributed by atoms with Crippen molar-refractivity contribution in [2.75, 3.05) is 14.1 Å². The fourth-order valence-electron chi connectivity index (χ4n) is 6.72. The number of benzene rings is 2. The van der Waals surface area contributed by atoms with Crippen molar-refractivity contribution in [1.29, 1.82) is 0 Å². The van der Waals surface area contributed by atoms with Crippen LogP contribution in [0.5, 0.6) is 0 Å². The summed E-state index contributed by atoms with van der Waals surface area (Å²) < 4.78 is 0. The summed E-state index contributed by atoms with van der Waals surface area (Å²) in [5.41, 5.74) is 2.58. The number of nitrogens with zero attached hydrogens (tertiary/aromatic N) is 1. The molecule has 3 aliphatic carbocycles. The maximum Gasteiger partial charge on any atom is 0.172 e. The number of hydrogen-bond acceptors (Lipinski definition) is 3. The van der Waals surface area contributed by atoms with Gasteiger partial charge in [0, 0.05) is 5.57 Å². The van der Waals surface area contributed by atoms with Crippen molar-refractivity contribution in [2.45, 2.75) is 49.7 Å². The standard InChI is InChI=1S/C27H31NO2/c1-28(2)26-18-21-16-10-5-11-17-27(21,30)25(26)24(29)22(19-12-6-3-7-13-19)23(26)20-14-8-4-9-15-20/h3-4,6-9,12-15,21,25,30H,5,10-11,16-18H2,1-2H3/t21-,25+,26+,27-/m0/s1. The average Bonchev–Trinajstić information content (AvgIpc) is 3.09. The second-order valence-corrected chi connectivity index (χ2v) is 9.59. The zero-order valence-corrected chi connectivity index (χ0v) is 18.0. The third-order valence-electron chi connectivity index (χ3n) is 7.99. The molecule has 3 heteroatoms. The predicted octanol–water partition coefficient (Wildman–Crippen LogP) is 4.81. The largest absolute Gasteiger partial charge is 0.389 e. The molecule has 0 aromatic heterocycles. The third-order valence-corrected chi connectivity index (χ3v) is 7.99. The molecule has 3 aliphatic rings. The number of rotatable bonds is 3. The van der Waals surface area contributed by atoms with E-state index in [1.807, 2.05) is 48.5 Å². The Kier molecular flexibility index (Phi) is 4.72. The maximum atomic E-state index is 14.2. The van der Waals surface area contributed by atoms with Crippen LogP contribution in [0.15, 0.2) is 60.7 Å². The number of aliphatic hydroxyl groups is 1. The average molecular weight is 402 g/mol. The van der Waals surface area contributed by atoms with Crippen LogP contribution in [0.3, 0.4) is 0 Å². The second kappa shape index (κ2) is 7.18. The van der Waals surface area contributed by atoms with Gasteiger partial charge in [0.25, 0.3) is 0 Å². The normalized spacial score (nSPS) is 33.5. The van der Waals surface area contributed by atoms with Gasteiger partial charge in [0.05, 0.1) is 17.1 Å². The van der Waals surface area contributed by atoms with Crippen molar-refractivity contribution in [3.05, 3.63) is 71.8 Å². The van der Waals surface area contributed by atoms with Gasteiger partial charge in [-0.15, -0.1) is 0 Å². The molecular weight excluding hydrogens is 370 g/mol. The number of carbonyl (C=O) groups is 1. The monoisotopic (exact) mass is 401 g/mol. The van der Waals surface area contributed by atoms with Crippen LogP contribution in [0, 0.1) is 11.8 Å². The lowest BCUT2D eigenvalue weighted by molar-refractivity contribution is -0.130. The van der Waals surface area contributed by atoms with Crippen molar-refractivity contribution in [1.82, 2.24) is 4.90 Å². The lowest BCUT2D eigenvalue weighted by atomic mass is 9.74. The first kappa shape index (κ1) is 19.7. The summed E-state index contributed by atoms with van der Waals surface area (Å²) in [5, 5.41) is 12.1. The Balaban J connectivity index is 1.80. The lowest BCUT2D eigenvalue weighted by Crippen LogP contribution is -2.53.